The lowest BCUT2D eigenvalue weighted by Crippen LogP contribution is -2.30. The number of aromatic nitrogens is 2. The molecule has 170 valence electrons. The predicted octanol–water partition coefficient (Wildman–Crippen LogP) is 2.75. The molecule has 0 saturated carbocycles. The fraction of sp³-hybridized carbons (Fsp3) is 0.0800. The van der Waals surface area contributed by atoms with Crippen LogP contribution in [0.5, 0.6) is 0 Å². The molecule has 0 spiro atoms. The minimum atomic E-state index is -1.57. The van der Waals surface area contributed by atoms with Crippen molar-refractivity contribution in [2.45, 2.75) is 13.1 Å². The van der Waals surface area contributed by atoms with Gasteiger partial charge in [-0.15, -0.1) is 0 Å². The van der Waals surface area contributed by atoms with Crippen LogP contribution in [0.3, 0.4) is 0 Å². The lowest BCUT2D eigenvalue weighted by molar-refractivity contribution is 0.102. The van der Waals surface area contributed by atoms with Gasteiger partial charge in [0, 0.05) is 30.1 Å². The Morgan fingerprint density at radius 3 is 2.26 bits per heavy atom. The number of anilines is 2. The summed E-state index contributed by atoms with van der Waals surface area (Å²) < 4.78 is 13.1. The van der Waals surface area contributed by atoms with E-state index in [9.17, 15) is 19.2 Å². The number of pyridine rings is 2. The van der Waals surface area contributed by atoms with E-state index in [-0.39, 0.29) is 11.7 Å². The first-order valence-corrected chi connectivity index (χ1v) is 10.6. The first-order chi connectivity index (χ1) is 16.5. The van der Waals surface area contributed by atoms with E-state index >= 15 is 0 Å². The molecule has 1 amide bonds. The Labute approximate surface area is 196 Å². The Bertz CT molecular complexity index is 1220. The summed E-state index contributed by atoms with van der Waals surface area (Å²) in [5.41, 5.74) is 2.97. The van der Waals surface area contributed by atoms with Gasteiger partial charge < -0.3 is 20.3 Å². The highest BCUT2D eigenvalue weighted by Gasteiger charge is 2.15. The van der Waals surface area contributed by atoms with Gasteiger partial charge in [0.1, 0.15) is 11.6 Å². The number of hydrogen-bond acceptors (Lipinski definition) is 6. The molecule has 0 aliphatic heterocycles. The highest BCUT2D eigenvalue weighted by Crippen LogP contribution is 2.19. The van der Waals surface area contributed by atoms with Gasteiger partial charge >= 0.3 is 7.12 Å². The number of hydrogen-bond donors (Lipinski definition) is 3. The first-order valence-electron chi connectivity index (χ1n) is 10.6. The van der Waals surface area contributed by atoms with Crippen LogP contribution in [-0.2, 0) is 13.1 Å². The van der Waals surface area contributed by atoms with E-state index in [0.29, 0.717) is 35.6 Å². The minimum Gasteiger partial charge on any atom is -0.423 e. The van der Waals surface area contributed by atoms with Crippen LogP contribution in [0.4, 0.5) is 15.9 Å². The van der Waals surface area contributed by atoms with Gasteiger partial charge in [0.15, 0.2) is 0 Å². The van der Waals surface area contributed by atoms with Crippen molar-refractivity contribution < 1.29 is 19.2 Å². The van der Waals surface area contributed by atoms with Gasteiger partial charge in [-0.2, -0.15) is 0 Å². The van der Waals surface area contributed by atoms with Gasteiger partial charge in [0.25, 0.3) is 5.91 Å². The van der Waals surface area contributed by atoms with Crippen molar-refractivity contribution in [3.63, 3.8) is 0 Å². The summed E-state index contributed by atoms with van der Waals surface area (Å²) in [5.74, 6) is -0.0745. The Morgan fingerprint density at radius 2 is 1.65 bits per heavy atom. The molecule has 0 unspecified atom stereocenters. The quantitative estimate of drug-likeness (QED) is 0.353. The second-order valence-corrected chi connectivity index (χ2v) is 7.66. The van der Waals surface area contributed by atoms with Crippen molar-refractivity contribution in [3.05, 3.63) is 114 Å². The number of carbonyl (C=O) groups excluding carboxylic acids is 1. The molecule has 0 aliphatic rings. The van der Waals surface area contributed by atoms with Crippen LogP contribution in [0, 0.1) is 5.82 Å². The second kappa shape index (κ2) is 10.7. The topological polar surface area (TPSA) is 98.6 Å². The number of halogens is 1. The monoisotopic (exact) mass is 456 g/mol. The van der Waals surface area contributed by atoms with Gasteiger partial charge in [-0.1, -0.05) is 36.4 Å². The Hall–Kier alpha value is -4.08. The maximum Gasteiger partial charge on any atom is 0.490 e. The summed E-state index contributed by atoms with van der Waals surface area (Å²) >= 11 is 0. The lowest BCUT2D eigenvalue weighted by atomic mass is 9.82. The number of carbonyl (C=O) groups is 1. The molecule has 34 heavy (non-hydrogen) atoms. The second-order valence-electron chi connectivity index (χ2n) is 7.66. The molecule has 0 bridgehead atoms. The van der Waals surface area contributed by atoms with Gasteiger partial charge in [0.2, 0.25) is 0 Å². The summed E-state index contributed by atoms with van der Waals surface area (Å²) in [4.78, 5) is 23.4. The molecule has 4 aromatic rings. The molecule has 3 N–H and O–H groups in total. The van der Waals surface area contributed by atoms with Crippen molar-refractivity contribution in [1.82, 2.24) is 9.97 Å². The van der Waals surface area contributed by atoms with Crippen LogP contribution < -0.4 is 15.7 Å². The van der Waals surface area contributed by atoms with E-state index in [1.807, 2.05) is 35.2 Å². The zero-order valence-electron chi connectivity index (χ0n) is 18.2. The first kappa shape index (κ1) is 23.1. The van der Waals surface area contributed by atoms with Crippen LogP contribution in [0.1, 0.15) is 21.6 Å². The molecule has 2 heterocycles. The molecule has 4 rings (SSSR count). The maximum atomic E-state index is 13.1. The molecule has 0 saturated heterocycles. The van der Waals surface area contributed by atoms with E-state index in [2.05, 4.69) is 15.3 Å². The molecule has 7 nitrogen and oxygen atoms in total. The molecular weight excluding hydrogens is 434 g/mol. The van der Waals surface area contributed by atoms with Gasteiger partial charge in [-0.3, -0.25) is 9.78 Å². The molecule has 0 aliphatic carbocycles. The minimum absolute atomic E-state index is 0.313. The smallest absolute Gasteiger partial charge is 0.423 e. The molecule has 2 aromatic carbocycles. The Balaban J connectivity index is 1.52. The Morgan fingerprint density at radius 1 is 0.882 bits per heavy atom. The average Bonchev–Trinajstić information content (AvgIpc) is 2.86. The molecule has 9 heteroatoms. The van der Waals surface area contributed by atoms with Crippen LogP contribution in [0.15, 0.2) is 91.3 Å². The highest BCUT2D eigenvalue weighted by atomic mass is 19.1. The highest BCUT2D eigenvalue weighted by molar-refractivity contribution is 6.58. The number of nitrogens with one attached hydrogen (secondary N) is 1. The number of nitrogens with zero attached hydrogens (tertiary/aromatic N) is 3. The van der Waals surface area contributed by atoms with Crippen LogP contribution in [-0.4, -0.2) is 33.0 Å². The summed E-state index contributed by atoms with van der Waals surface area (Å²) in [6, 6.07) is 22.2. The molecule has 0 radical (unpaired) electrons. The van der Waals surface area contributed by atoms with E-state index in [1.54, 1.807) is 24.3 Å². The Kier molecular flexibility index (Phi) is 7.26. The largest absolute Gasteiger partial charge is 0.490 e. The summed E-state index contributed by atoms with van der Waals surface area (Å²) in [5, 5.41) is 21.3. The van der Waals surface area contributed by atoms with Gasteiger partial charge in [-0.25, -0.2) is 9.37 Å². The third-order valence-electron chi connectivity index (χ3n) is 5.15. The SMILES string of the molecule is O=C(Nc1ccc(F)cc1)c1ccc(N(Cc2ccccc2)Cc2ccc(B(O)O)cn2)nc1. The maximum absolute atomic E-state index is 13.1. The summed E-state index contributed by atoms with van der Waals surface area (Å²) in [6.45, 7) is 0.978. The molecular formula is C25H22BFN4O3. The van der Waals surface area contributed by atoms with Crippen LogP contribution in [0.2, 0.25) is 0 Å². The number of rotatable bonds is 8. The number of benzene rings is 2. The van der Waals surface area contributed by atoms with Crippen molar-refractivity contribution >= 4 is 30.0 Å². The van der Waals surface area contributed by atoms with E-state index < -0.39 is 7.12 Å². The average molecular weight is 456 g/mol. The van der Waals surface area contributed by atoms with Gasteiger partial charge in [0.05, 0.1) is 17.8 Å². The van der Waals surface area contributed by atoms with Crippen molar-refractivity contribution in [2.24, 2.45) is 0 Å². The van der Waals surface area contributed by atoms with E-state index in [1.165, 1.54) is 36.7 Å². The third-order valence-corrected chi connectivity index (χ3v) is 5.15. The zero-order chi connectivity index (χ0) is 23.9. The van der Waals surface area contributed by atoms with Crippen molar-refractivity contribution in [3.8, 4) is 0 Å². The molecule has 2 aromatic heterocycles. The third kappa shape index (κ3) is 6.03. The van der Waals surface area contributed by atoms with Gasteiger partial charge in [-0.05, 0) is 48.0 Å². The standard InChI is InChI=1S/C25H22BFN4O3/c27-21-8-11-22(12-9-21)30-25(32)19-6-13-24(29-14-19)31(16-18-4-2-1-3-5-18)17-23-10-7-20(15-28-23)26(33)34/h1-15,33-34H,16-17H2,(H,30,32). The van der Waals surface area contributed by atoms with Crippen molar-refractivity contribution in [1.29, 1.82) is 0 Å². The van der Waals surface area contributed by atoms with E-state index in [4.69, 9.17) is 0 Å². The normalized spacial score (nSPS) is 10.6. The van der Waals surface area contributed by atoms with Crippen LogP contribution in [0.25, 0.3) is 0 Å². The lowest BCUT2D eigenvalue weighted by Gasteiger charge is -2.24. The fourth-order valence-electron chi connectivity index (χ4n) is 3.34. The van der Waals surface area contributed by atoms with E-state index in [0.717, 1.165) is 11.3 Å². The number of amides is 1. The van der Waals surface area contributed by atoms with Crippen molar-refractivity contribution in [2.75, 3.05) is 10.2 Å². The summed E-state index contributed by atoms with van der Waals surface area (Å²) in [6.07, 6.45) is 2.92. The zero-order valence-corrected chi connectivity index (χ0v) is 18.2. The summed E-state index contributed by atoms with van der Waals surface area (Å²) in [7, 11) is -1.57. The predicted molar refractivity (Wildman–Crippen MR) is 129 cm³/mol. The molecule has 0 atom stereocenters. The molecule has 0 fully saturated rings. The van der Waals surface area contributed by atoms with Crippen LogP contribution >= 0.6 is 0 Å². The fourth-order valence-corrected chi connectivity index (χ4v) is 3.34.